The van der Waals surface area contributed by atoms with Crippen LogP contribution in [0, 0.1) is 0 Å². The highest BCUT2D eigenvalue weighted by atomic mass is 19.4. The minimum Gasteiger partial charge on any atom is -0.471 e. The van der Waals surface area contributed by atoms with Crippen molar-refractivity contribution in [1.82, 2.24) is 9.88 Å². The number of rotatable bonds is 1. The molecule has 0 saturated carbocycles. The van der Waals surface area contributed by atoms with Crippen molar-refractivity contribution in [3.05, 3.63) is 18.3 Å². The Kier molecular flexibility index (Phi) is 3.74. The number of ether oxygens (including phenoxy) is 1. The van der Waals surface area contributed by atoms with Gasteiger partial charge in [-0.05, 0) is 19.1 Å². The first-order valence-corrected chi connectivity index (χ1v) is 5.99. The number of pyridine rings is 1. The van der Waals surface area contributed by atoms with E-state index >= 15 is 0 Å². The van der Waals surface area contributed by atoms with E-state index in [4.69, 9.17) is 4.74 Å². The third-order valence-corrected chi connectivity index (χ3v) is 2.77. The molecule has 5 nitrogen and oxygen atoms in total. The molecule has 110 valence electrons. The number of alkyl halides is 3. The van der Waals surface area contributed by atoms with Gasteiger partial charge in [-0.3, -0.25) is 4.90 Å². The summed E-state index contributed by atoms with van der Waals surface area (Å²) in [5, 5.41) is 0. The summed E-state index contributed by atoms with van der Waals surface area (Å²) in [5.74, 6) is 0.250. The molecule has 1 aliphatic heterocycles. The average Bonchev–Trinajstić information content (AvgIpc) is 2.34. The largest absolute Gasteiger partial charge is 0.471 e. The van der Waals surface area contributed by atoms with Gasteiger partial charge in [-0.25, -0.2) is 9.78 Å². The third-order valence-electron chi connectivity index (χ3n) is 2.77. The Morgan fingerprint density at radius 2 is 2.30 bits per heavy atom. The minimum atomic E-state index is -4.43. The van der Waals surface area contributed by atoms with E-state index in [0.717, 1.165) is 7.05 Å². The fraction of sp³-hybridized carbons (Fsp3) is 0.500. The second-order valence-corrected chi connectivity index (χ2v) is 4.62. The summed E-state index contributed by atoms with van der Waals surface area (Å²) >= 11 is 0. The molecule has 1 aliphatic rings. The van der Waals surface area contributed by atoms with Crippen LogP contribution in [0.5, 0.6) is 5.88 Å². The molecule has 0 aliphatic carbocycles. The lowest BCUT2D eigenvalue weighted by Gasteiger charge is -2.35. The summed E-state index contributed by atoms with van der Waals surface area (Å²) in [6, 6.07) is 2.46. The number of hydrogen-bond acceptors (Lipinski definition) is 3. The van der Waals surface area contributed by atoms with Crippen molar-refractivity contribution in [2.24, 2.45) is 0 Å². The molecule has 0 aromatic carbocycles. The van der Waals surface area contributed by atoms with Gasteiger partial charge in [0.05, 0.1) is 6.54 Å². The normalized spacial score (nSPS) is 18.2. The van der Waals surface area contributed by atoms with Gasteiger partial charge >= 0.3 is 12.2 Å². The van der Waals surface area contributed by atoms with Gasteiger partial charge in [0.25, 0.3) is 0 Å². The van der Waals surface area contributed by atoms with Crippen molar-refractivity contribution in [2.45, 2.75) is 19.2 Å². The van der Waals surface area contributed by atoms with Gasteiger partial charge in [0.15, 0.2) is 0 Å². The molecule has 20 heavy (non-hydrogen) atoms. The molecule has 2 heterocycles. The van der Waals surface area contributed by atoms with Gasteiger partial charge in [-0.1, -0.05) is 0 Å². The maximum Gasteiger partial charge on any atom is 0.406 e. The van der Waals surface area contributed by atoms with E-state index in [2.05, 4.69) is 4.98 Å². The Balaban J connectivity index is 2.22. The van der Waals surface area contributed by atoms with E-state index in [-0.39, 0.29) is 18.5 Å². The summed E-state index contributed by atoms with van der Waals surface area (Å²) in [6.45, 7) is 0.606. The minimum absolute atomic E-state index is 0.180. The van der Waals surface area contributed by atoms with Crippen LogP contribution in [0.4, 0.5) is 23.7 Å². The lowest BCUT2D eigenvalue weighted by molar-refractivity contribution is -0.137. The first-order chi connectivity index (χ1) is 9.28. The van der Waals surface area contributed by atoms with Crippen LogP contribution in [0.3, 0.4) is 0 Å². The molecule has 0 radical (unpaired) electrons. The highest BCUT2D eigenvalue weighted by Crippen LogP contribution is 2.31. The van der Waals surface area contributed by atoms with Crippen LogP contribution < -0.4 is 9.64 Å². The predicted molar refractivity (Wildman–Crippen MR) is 65.8 cm³/mol. The fourth-order valence-electron chi connectivity index (χ4n) is 1.99. The summed E-state index contributed by atoms with van der Waals surface area (Å²) in [6.07, 6.45) is -3.26. The van der Waals surface area contributed by atoms with Gasteiger partial charge in [-0.15, -0.1) is 0 Å². The van der Waals surface area contributed by atoms with Gasteiger partial charge in [0.2, 0.25) is 5.88 Å². The fourth-order valence-corrected chi connectivity index (χ4v) is 1.99. The van der Waals surface area contributed by atoms with Crippen LogP contribution >= 0.6 is 0 Å². The number of carbonyl (C=O) groups excluding carboxylic acids is 1. The van der Waals surface area contributed by atoms with Crippen LogP contribution in [-0.2, 0) is 0 Å². The summed E-state index contributed by atoms with van der Waals surface area (Å²) in [4.78, 5) is 18.0. The Bertz CT molecular complexity index is 507. The number of aromatic nitrogens is 1. The van der Waals surface area contributed by atoms with Gasteiger partial charge in [-0.2, -0.15) is 13.2 Å². The van der Waals surface area contributed by atoms with Crippen LogP contribution in [0.1, 0.15) is 6.92 Å². The zero-order valence-corrected chi connectivity index (χ0v) is 11.0. The van der Waals surface area contributed by atoms with E-state index in [1.54, 1.807) is 19.1 Å². The predicted octanol–water partition coefficient (Wildman–Crippen LogP) is 2.28. The first-order valence-electron chi connectivity index (χ1n) is 5.99. The number of fused-ring (bicyclic) bond motifs is 1. The molecule has 2 rings (SSSR count). The quantitative estimate of drug-likeness (QED) is 0.797. The number of urea groups is 1. The van der Waals surface area contributed by atoms with Gasteiger partial charge < -0.3 is 9.64 Å². The summed E-state index contributed by atoms with van der Waals surface area (Å²) in [7, 11) is 1.12. The highest BCUT2D eigenvalue weighted by Gasteiger charge is 2.35. The van der Waals surface area contributed by atoms with Crippen molar-refractivity contribution in [2.75, 3.05) is 25.0 Å². The van der Waals surface area contributed by atoms with Crippen molar-refractivity contribution in [1.29, 1.82) is 0 Å². The van der Waals surface area contributed by atoms with Gasteiger partial charge in [0, 0.05) is 13.2 Å². The number of amides is 2. The molecular formula is C12H14F3N3O2. The number of anilines is 1. The van der Waals surface area contributed by atoms with Crippen LogP contribution in [0.2, 0.25) is 0 Å². The SMILES string of the molecule is CC1CN(C(=O)N(C)CC(F)(F)F)c2cccnc2O1. The monoisotopic (exact) mass is 289 g/mol. The second kappa shape index (κ2) is 5.18. The molecule has 1 atom stereocenters. The molecule has 1 aromatic rings. The standard InChI is InChI=1S/C12H14F3N3O2/c1-8-6-18(9-4-3-5-16-10(9)20-8)11(19)17(2)7-12(13,14)15/h3-5,8H,6-7H2,1-2H3. The molecule has 0 fully saturated rings. The number of nitrogens with zero attached hydrogens (tertiary/aromatic N) is 3. The van der Waals surface area contributed by atoms with E-state index in [1.165, 1.54) is 11.1 Å². The van der Waals surface area contributed by atoms with E-state index < -0.39 is 18.8 Å². The molecular weight excluding hydrogens is 275 g/mol. The van der Waals surface area contributed by atoms with Crippen molar-refractivity contribution < 1.29 is 22.7 Å². The second-order valence-electron chi connectivity index (χ2n) is 4.62. The Labute approximate surface area is 113 Å². The summed E-state index contributed by atoms with van der Waals surface area (Å²) in [5.41, 5.74) is 0.379. The average molecular weight is 289 g/mol. The van der Waals surface area contributed by atoms with Gasteiger partial charge in [0.1, 0.15) is 18.3 Å². The maximum absolute atomic E-state index is 12.4. The highest BCUT2D eigenvalue weighted by molar-refractivity contribution is 5.93. The van der Waals surface area contributed by atoms with E-state index in [1.807, 2.05) is 0 Å². The lowest BCUT2D eigenvalue weighted by atomic mass is 10.2. The Morgan fingerprint density at radius 1 is 1.60 bits per heavy atom. The zero-order valence-electron chi connectivity index (χ0n) is 11.0. The Morgan fingerprint density at radius 3 is 2.95 bits per heavy atom. The third kappa shape index (κ3) is 3.12. The van der Waals surface area contributed by atoms with Crippen molar-refractivity contribution in [3.63, 3.8) is 0 Å². The smallest absolute Gasteiger partial charge is 0.406 e. The van der Waals surface area contributed by atoms with Crippen molar-refractivity contribution in [3.8, 4) is 5.88 Å². The number of halogens is 3. The Hall–Kier alpha value is -1.99. The molecule has 8 heteroatoms. The molecule has 0 bridgehead atoms. The van der Waals surface area contributed by atoms with E-state index in [9.17, 15) is 18.0 Å². The van der Waals surface area contributed by atoms with Crippen LogP contribution in [0.15, 0.2) is 18.3 Å². The molecule has 0 saturated heterocycles. The number of carbonyl (C=O) groups is 1. The zero-order chi connectivity index (χ0) is 14.9. The molecule has 2 amide bonds. The van der Waals surface area contributed by atoms with Crippen LogP contribution in [0.25, 0.3) is 0 Å². The maximum atomic E-state index is 12.4. The topological polar surface area (TPSA) is 45.7 Å². The molecule has 0 N–H and O–H groups in total. The lowest BCUT2D eigenvalue weighted by Crippen LogP contribution is -2.50. The molecule has 1 unspecified atom stereocenters. The number of hydrogen-bond donors (Lipinski definition) is 0. The first kappa shape index (κ1) is 14.4. The van der Waals surface area contributed by atoms with Crippen molar-refractivity contribution >= 4 is 11.7 Å². The molecule has 1 aromatic heterocycles. The van der Waals surface area contributed by atoms with Crippen LogP contribution in [-0.4, -0.2) is 48.3 Å². The molecule has 0 spiro atoms. The van der Waals surface area contributed by atoms with E-state index in [0.29, 0.717) is 10.6 Å². The summed E-state index contributed by atoms with van der Waals surface area (Å²) < 4.78 is 42.5.